The van der Waals surface area contributed by atoms with Crippen LogP contribution in [-0.4, -0.2) is 94.5 Å². The SMILES string of the molecule is COc1ccc(COC(=O)C2(OCNC(=O)CNC(=O)[C@H](Cc3ccccc3)NC(=O)CNC(=O)CNC(=O)OCC3c4ccccc4-c4ccccc43)CC2)c(OC)c1. The molecule has 314 valence electrons. The van der Waals surface area contributed by atoms with Crippen molar-refractivity contribution in [1.29, 1.82) is 0 Å². The number of ether oxygens (including phenoxy) is 5. The molecule has 1 fully saturated rings. The van der Waals surface area contributed by atoms with Crippen LogP contribution in [0.2, 0.25) is 0 Å². The molecule has 1 saturated carbocycles. The van der Waals surface area contributed by atoms with Gasteiger partial charge in [0.1, 0.15) is 44.0 Å². The molecule has 2 aliphatic rings. The molecule has 6 rings (SSSR count). The van der Waals surface area contributed by atoms with E-state index in [0.717, 1.165) is 27.8 Å². The van der Waals surface area contributed by atoms with Gasteiger partial charge in [0.2, 0.25) is 23.6 Å². The predicted octanol–water partition coefficient (Wildman–Crippen LogP) is 2.87. The van der Waals surface area contributed by atoms with E-state index in [1.165, 1.54) is 14.2 Å². The number of hydrogen-bond donors (Lipinski definition) is 5. The van der Waals surface area contributed by atoms with Crippen molar-refractivity contribution in [2.75, 3.05) is 47.2 Å². The molecule has 4 aromatic carbocycles. The van der Waals surface area contributed by atoms with E-state index in [1.54, 1.807) is 48.5 Å². The molecule has 0 unspecified atom stereocenters. The van der Waals surface area contributed by atoms with Crippen molar-refractivity contribution in [2.45, 2.75) is 43.4 Å². The van der Waals surface area contributed by atoms with Crippen LogP contribution in [0.5, 0.6) is 11.5 Å². The number of nitrogens with one attached hydrogen (secondary N) is 5. The van der Waals surface area contributed by atoms with Gasteiger partial charge in [-0.1, -0.05) is 78.9 Å². The maximum atomic E-state index is 13.2. The Morgan fingerprint density at radius 3 is 1.98 bits per heavy atom. The Morgan fingerprint density at radius 2 is 1.32 bits per heavy atom. The highest BCUT2D eigenvalue weighted by Gasteiger charge is 2.53. The van der Waals surface area contributed by atoms with E-state index in [0.29, 0.717) is 29.9 Å². The number of benzene rings is 4. The smallest absolute Gasteiger partial charge is 0.407 e. The lowest BCUT2D eigenvalue weighted by molar-refractivity contribution is -0.163. The number of hydrogen-bond acceptors (Lipinski definition) is 11. The highest BCUT2D eigenvalue weighted by molar-refractivity contribution is 5.92. The lowest BCUT2D eigenvalue weighted by Crippen LogP contribution is -2.52. The van der Waals surface area contributed by atoms with Gasteiger partial charge >= 0.3 is 12.1 Å². The maximum Gasteiger partial charge on any atom is 0.407 e. The third kappa shape index (κ3) is 11.2. The van der Waals surface area contributed by atoms with E-state index in [4.69, 9.17) is 23.7 Å². The van der Waals surface area contributed by atoms with E-state index in [1.807, 2.05) is 48.5 Å². The van der Waals surface area contributed by atoms with Gasteiger partial charge < -0.3 is 50.3 Å². The topological polar surface area (TPSA) is 209 Å². The van der Waals surface area contributed by atoms with Gasteiger partial charge in [0.05, 0.1) is 27.3 Å². The zero-order valence-electron chi connectivity index (χ0n) is 33.2. The Hall–Kier alpha value is -6.94. The Kier molecular flexibility index (Phi) is 14.3. The molecule has 1 atom stereocenters. The van der Waals surface area contributed by atoms with Crippen molar-refractivity contribution in [3.05, 3.63) is 119 Å². The summed E-state index contributed by atoms with van der Waals surface area (Å²) < 4.78 is 27.2. The fraction of sp³-hybridized carbons (Fsp3) is 0.318. The predicted molar refractivity (Wildman–Crippen MR) is 217 cm³/mol. The number of methoxy groups -OCH3 is 2. The molecule has 0 aliphatic heterocycles. The molecule has 0 spiro atoms. The minimum Gasteiger partial charge on any atom is -0.497 e. The molecule has 5 amide bonds. The molecule has 0 radical (unpaired) electrons. The van der Waals surface area contributed by atoms with Crippen LogP contribution in [-0.2, 0) is 51.2 Å². The van der Waals surface area contributed by atoms with Crippen LogP contribution in [0.3, 0.4) is 0 Å². The van der Waals surface area contributed by atoms with Crippen LogP contribution in [0.4, 0.5) is 4.79 Å². The number of carbonyl (C=O) groups excluding carboxylic acids is 6. The molecular weight excluding hydrogens is 775 g/mol. The molecule has 4 aromatic rings. The normalized spacial score (nSPS) is 13.6. The molecule has 0 aromatic heterocycles. The first-order valence-corrected chi connectivity index (χ1v) is 19.3. The lowest BCUT2D eigenvalue weighted by Gasteiger charge is -2.19. The van der Waals surface area contributed by atoms with Crippen LogP contribution >= 0.6 is 0 Å². The van der Waals surface area contributed by atoms with Crippen molar-refractivity contribution in [2.24, 2.45) is 0 Å². The Labute approximate surface area is 346 Å². The number of rotatable bonds is 20. The summed E-state index contributed by atoms with van der Waals surface area (Å²) in [6.07, 6.45) is 0.125. The zero-order chi connectivity index (χ0) is 42.5. The average Bonchev–Trinajstić information content (AvgIpc) is 4.00. The quantitative estimate of drug-likeness (QED) is 0.0647. The fourth-order valence-corrected chi connectivity index (χ4v) is 6.72. The molecule has 5 N–H and O–H groups in total. The number of carbonyl (C=O) groups is 6. The molecule has 16 heteroatoms. The summed E-state index contributed by atoms with van der Waals surface area (Å²) in [6, 6.07) is 28.8. The van der Waals surface area contributed by atoms with Crippen molar-refractivity contribution in [3.63, 3.8) is 0 Å². The summed E-state index contributed by atoms with van der Waals surface area (Å²) in [5, 5.41) is 12.4. The van der Waals surface area contributed by atoms with E-state index in [-0.39, 0.29) is 32.3 Å². The Bertz CT molecular complexity index is 2150. The van der Waals surface area contributed by atoms with Gasteiger partial charge in [-0.25, -0.2) is 9.59 Å². The summed E-state index contributed by atoms with van der Waals surface area (Å²) in [5.41, 5.74) is 4.46. The average molecular weight is 822 g/mol. The molecule has 16 nitrogen and oxygen atoms in total. The van der Waals surface area contributed by atoms with Gasteiger partial charge in [0.25, 0.3) is 0 Å². The number of esters is 1. The third-order valence-electron chi connectivity index (χ3n) is 10.1. The number of amides is 5. The Morgan fingerprint density at radius 1 is 0.683 bits per heavy atom. The summed E-state index contributed by atoms with van der Waals surface area (Å²) in [7, 11) is 3.03. The first-order chi connectivity index (χ1) is 29.1. The molecule has 60 heavy (non-hydrogen) atoms. The first kappa shape index (κ1) is 42.7. The highest BCUT2D eigenvalue weighted by Crippen LogP contribution is 2.44. The third-order valence-corrected chi connectivity index (χ3v) is 10.1. The van der Waals surface area contributed by atoms with Crippen molar-refractivity contribution >= 4 is 35.7 Å². The van der Waals surface area contributed by atoms with Crippen molar-refractivity contribution in [1.82, 2.24) is 26.6 Å². The molecule has 0 bridgehead atoms. The summed E-state index contributed by atoms with van der Waals surface area (Å²) in [5.74, 6) is -2.22. The number of alkyl carbamates (subject to hydrolysis) is 1. The zero-order valence-corrected chi connectivity index (χ0v) is 33.2. The van der Waals surface area contributed by atoms with Crippen LogP contribution in [0.1, 0.15) is 41.0 Å². The second-order valence-corrected chi connectivity index (χ2v) is 14.1. The van der Waals surface area contributed by atoms with Crippen LogP contribution < -0.4 is 36.1 Å². The Balaban J connectivity index is 0.904. The van der Waals surface area contributed by atoms with E-state index in [9.17, 15) is 28.8 Å². The van der Waals surface area contributed by atoms with Crippen LogP contribution in [0.25, 0.3) is 11.1 Å². The molecule has 0 saturated heterocycles. The number of fused-ring (bicyclic) bond motifs is 3. The summed E-state index contributed by atoms with van der Waals surface area (Å²) in [6.45, 7) is -1.67. The second kappa shape index (κ2) is 20.2. The monoisotopic (exact) mass is 821 g/mol. The van der Waals surface area contributed by atoms with E-state index < -0.39 is 67.0 Å². The molecular formula is C44H47N5O11. The van der Waals surface area contributed by atoms with Gasteiger partial charge in [-0.15, -0.1) is 0 Å². The fourth-order valence-electron chi connectivity index (χ4n) is 6.72. The first-order valence-electron chi connectivity index (χ1n) is 19.3. The molecule has 0 heterocycles. The van der Waals surface area contributed by atoms with Gasteiger partial charge in [-0.05, 0) is 52.8 Å². The standard InChI is InChI=1S/C44H47N5O11/c1-56-30-17-16-29(37(21-30)57-2)25-58-42(54)44(18-19-44)60-27-48-39(51)22-46-41(53)36(20-28-10-4-3-5-11-28)49-40(52)24-45-38(50)23-47-43(55)59-26-35-33-14-8-6-12-31(33)32-13-7-9-15-34(32)35/h3-17,21,35-36H,18-20,22-27H2,1-2H3,(H,45,50)(H,46,53)(H,47,55)(H,48,51)(H,49,52)/t36-/m0/s1. The summed E-state index contributed by atoms with van der Waals surface area (Å²) >= 11 is 0. The van der Waals surface area contributed by atoms with Crippen LogP contribution in [0.15, 0.2) is 97.1 Å². The van der Waals surface area contributed by atoms with Gasteiger partial charge in [0.15, 0.2) is 5.60 Å². The van der Waals surface area contributed by atoms with Gasteiger partial charge in [-0.3, -0.25) is 19.2 Å². The highest BCUT2D eigenvalue weighted by atomic mass is 16.6. The maximum absolute atomic E-state index is 13.2. The lowest BCUT2D eigenvalue weighted by atomic mass is 9.98. The van der Waals surface area contributed by atoms with Gasteiger partial charge in [0, 0.05) is 24.0 Å². The van der Waals surface area contributed by atoms with E-state index >= 15 is 0 Å². The van der Waals surface area contributed by atoms with Crippen LogP contribution in [0, 0.1) is 0 Å². The van der Waals surface area contributed by atoms with Crippen molar-refractivity contribution < 1.29 is 52.5 Å². The minimum atomic E-state index is -1.19. The summed E-state index contributed by atoms with van der Waals surface area (Å²) in [4.78, 5) is 76.6. The minimum absolute atomic E-state index is 0.0522. The van der Waals surface area contributed by atoms with E-state index in [2.05, 4.69) is 26.6 Å². The van der Waals surface area contributed by atoms with Crippen molar-refractivity contribution in [3.8, 4) is 22.6 Å². The van der Waals surface area contributed by atoms with Gasteiger partial charge in [-0.2, -0.15) is 0 Å². The largest absolute Gasteiger partial charge is 0.497 e. The second-order valence-electron chi connectivity index (χ2n) is 14.1. The molecule has 2 aliphatic carbocycles.